The highest BCUT2D eigenvalue weighted by Crippen LogP contribution is 2.38. The van der Waals surface area contributed by atoms with Crippen molar-refractivity contribution in [2.24, 2.45) is 11.0 Å². The van der Waals surface area contributed by atoms with E-state index in [1.54, 1.807) is 26.9 Å². The van der Waals surface area contributed by atoms with Gasteiger partial charge in [0.25, 0.3) is 11.8 Å². The van der Waals surface area contributed by atoms with Crippen molar-refractivity contribution in [3.05, 3.63) is 60.7 Å². The molecule has 10 nitrogen and oxygen atoms in total. The van der Waals surface area contributed by atoms with Crippen LogP contribution in [0.25, 0.3) is 0 Å². The highest BCUT2D eigenvalue weighted by atomic mass is 19.3. The number of rotatable bonds is 6. The number of benzene rings is 2. The van der Waals surface area contributed by atoms with E-state index in [2.05, 4.69) is 20.0 Å². The lowest BCUT2D eigenvalue weighted by Gasteiger charge is -2.37. The maximum Gasteiger partial charge on any atom is 0.387 e. The molecule has 0 radical (unpaired) electrons. The number of carbonyl (C=O) groups is 2. The molecule has 2 atom stereocenters. The van der Waals surface area contributed by atoms with E-state index in [9.17, 15) is 18.4 Å². The summed E-state index contributed by atoms with van der Waals surface area (Å²) in [5.74, 6) is -0.129. The Kier molecular flexibility index (Phi) is 6.22. The summed E-state index contributed by atoms with van der Waals surface area (Å²) in [4.78, 5) is 33.8. The molecule has 0 saturated carbocycles. The minimum atomic E-state index is -2.94. The van der Waals surface area contributed by atoms with Gasteiger partial charge in [0.15, 0.2) is 6.33 Å². The lowest BCUT2D eigenvalue weighted by molar-refractivity contribution is -0.121. The zero-order valence-electron chi connectivity index (χ0n) is 20.2. The summed E-state index contributed by atoms with van der Waals surface area (Å²) in [6.07, 6.45) is 4.28. The summed E-state index contributed by atoms with van der Waals surface area (Å²) in [7, 11) is 0. The highest BCUT2D eigenvalue weighted by molar-refractivity contribution is 6.11. The van der Waals surface area contributed by atoms with E-state index in [4.69, 9.17) is 4.52 Å². The summed E-state index contributed by atoms with van der Waals surface area (Å²) in [6, 6.07) is 12.7. The Labute approximate surface area is 216 Å². The molecular weight excluding hydrogens is 498 g/mol. The molecule has 0 aliphatic carbocycles. The first-order chi connectivity index (χ1) is 18.5. The molecule has 3 aromatic rings. The van der Waals surface area contributed by atoms with Crippen LogP contribution in [-0.2, 0) is 9.59 Å². The van der Waals surface area contributed by atoms with Crippen LogP contribution in [0.15, 0.2) is 64.5 Å². The number of ether oxygens (including phenoxy) is 1. The molecule has 2 fully saturated rings. The number of carbonyl (C=O) groups excluding carboxylic acids is 2. The number of piperidine rings is 2. The van der Waals surface area contributed by atoms with Crippen molar-refractivity contribution < 1.29 is 27.6 Å². The minimum Gasteiger partial charge on any atom is -0.435 e. The Morgan fingerprint density at radius 2 is 1.63 bits per heavy atom. The van der Waals surface area contributed by atoms with E-state index < -0.39 is 12.7 Å². The van der Waals surface area contributed by atoms with Crippen molar-refractivity contribution in [1.29, 1.82) is 0 Å². The van der Waals surface area contributed by atoms with Crippen LogP contribution in [-0.4, -0.2) is 53.4 Å². The normalized spacial score (nSPS) is 21.7. The lowest BCUT2D eigenvalue weighted by atomic mass is 9.87. The number of hydrazone groups is 1. The minimum absolute atomic E-state index is 0.00414. The van der Waals surface area contributed by atoms with Crippen LogP contribution in [0.1, 0.15) is 31.6 Å². The van der Waals surface area contributed by atoms with Crippen molar-refractivity contribution >= 4 is 34.6 Å². The average molecular weight is 523 g/mol. The zero-order valence-corrected chi connectivity index (χ0v) is 20.2. The number of nitrogens with zero attached hydrogens (tertiary/aromatic N) is 6. The smallest absolute Gasteiger partial charge is 0.387 e. The van der Waals surface area contributed by atoms with Crippen LogP contribution in [0, 0.1) is 5.92 Å². The number of halogens is 2. The SMILES string of the molecule is O=C1CCCCN1c1ccc(N2CCC3C(c4ncno4)=NN(c4ccc(OC(F)F)cc4)C3C2=O)cc1. The van der Waals surface area contributed by atoms with E-state index in [0.29, 0.717) is 43.0 Å². The fraction of sp³-hybridized carbons (Fsp3) is 0.346. The molecule has 0 spiro atoms. The van der Waals surface area contributed by atoms with Gasteiger partial charge in [0.05, 0.1) is 5.69 Å². The third kappa shape index (κ3) is 4.35. The number of alkyl halides is 2. The van der Waals surface area contributed by atoms with Gasteiger partial charge in [-0.15, -0.1) is 0 Å². The first-order valence-corrected chi connectivity index (χ1v) is 12.4. The molecule has 12 heteroatoms. The molecule has 1 aromatic heterocycles. The summed E-state index contributed by atoms with van der Waals surface area (Å²) in [5, 5.41) is 9.92. The Bertz CT molecular complexity index is 1350. The second-order valence-corrected chi connectivity index (χ2v) is 9.30. The summed E-state index contributed by atoms with van der Waals surface area (Å²) >= 11 is 0. The molecule has 3 aliphatic heterocycles. The van der Waals surface area contributed by atoms with E-state index in [0.717, 1.165) is 18.5 Å². The zero-order chi connectivity index (χ0) is 26.2. The second-order valence-electron chi connectivity index (χ2n) is 9.30. The van der Waals surface area contributed by atoms with Gasteiger partial charge in [-0.05, 0) is 67.8 Å². The second kappa shape index (κ2) is 9.84. The molecular formula is C26H24F2N6O4. The third-order valence-corrected chi connectivity index (χ3v) is 7.10. The molecule has 4 heterocycles. The van der Waals surface area contributed by atoms with E-state index in [1.165, 1.54) is 18.5 Å². The first-order valence-electron chi connectivity index (χ1n) is 12.4. The predicted octanol–water partition coefficient (Wildman–Crippen LogP) is 3.83. The standard InChI is InChI=1S/C26H24F2N6O4/c27-26(28)37-19-10-8-18(9-11-19)34-23-20(22(31-34)24-29-15-30-38-24)12-14-33(25(23)36)17-6-4-16(5-7-17)32-13-2-1-3-21(32)35/h4-11,15,20,23,26H,1-3,12-14H2. The van der Waals surface area contributed by atoms with E-state index in [-0.39, 0.29) is 29.4 Å². The number of hydrogen-bond donors (Lipinski definition) is 0. The molecule has 0 N–H and O–H groups in total. The molecule has 38 heavy (non-hydrogen) atoms. The van der Waals surface area contributed by atoms with Crippen LogP contribution in [0.3, 0.4) is 0 Å². The Balaban J connectivity index is 1.28. The number of hydrogen-bond acceptors (Lipinski definition) is 8. The molecule has 2 aromatic carbocycles. The van der Waals surface area contributed by atoms with Gasteiger partial charge >= 0.3 is 6.61 Å². The monoisotopic (exact) mass is 522 g/mol. The molecule has 0 bridgehead atoms. The van der Waals surface area contributed by atoms with Crippen molar-refractivity contribution in [1.82, 2.24) is 10.1 Å². The van der Waals surface area contributed by atoms with Gasteiger partial charge in [0.2, 0.25) is 5.91 Å². The maximum atomic E-state index is 13.9. The predicted molar refractivity (Wildman–Crippen MR) is 133 cm³/mol. The average Bonchev–Trinajstić information content (AvgIpc) is 3.58. The summed E-state index contributed by atoms with van der Waals surface area (Å²) in [6.45, 7) is -1.80. The number of aromatic nitrogens is 2. The fourth-order valence-electron chi connectivity index (χ4n) is 5.32. The summed E-state index contributed by atoms with van der Waals surface area (Å²) in [5.41, 5.74) is 2.57. The van der Waals surface area contributed by atoms with Crippen LogP contribution >= 0.6 is 0 Å². The van der Waals surface area contributed by atoms with Crippen LogP contribution < -0.4 is 19.5 Å². The number of amides is 2. The van der Waals surface area contributed by atoms with Crippen molar-refractivity contribution in [3.63, 3.8) is 0 Å². The van der Waals surface area contributed by atoms with Crippen molar-refractivity contribution in [2.45, 2.75) is 38.3 Å². The Morgan fingerprint density at radius 1 is 0.921 bits per heavy atom. The number of fused-ring (bicyclic) bond motifs is 1. The quantitative estimate of drug-likeness (QED) is 0.485. The molecule has 3 aliphatic rings. The van der Waals surface area contributed by atoms with E-state index >= 15 is 0 Å². The summed E-state index contributed by atoms with van der Waals surface area (Å²) < 4.78 is 34.9. The molecule has 2 saturated heterocycles. The van der Waals surface area contributed by atoms with E-state index in [1.807, 2.05) is 24.3 Å². The van der Waals surface area contributed by atoms with Crippen LogP contribution in [0.2, 0.25) is 0 Å². The Hall–Kier alpha value is -4.35. The molecule has 2 unspecified atom stereocenters. The fourth-order valence-corrected chi connectivity index (χ4v) is 5.32. The topological polar surface area (TPSA) is 104 Å². The van der Waals surface area contributed by atoms with Crippen molar-refractivity contribution in [3.8, 4) is 5.75 Å². The van der Waals surface area contributed by atoms with Gasteiger partial charge in [-0.3, -0.25) is 14.6 Å². The van der Waals surface area contributed by atoms with Gasteiger partial charge in [-0.2, -0.15) is 18.9 Å². The lowest BCUT2D eigenvalue weighted by Crippen LogP contribution is -2.54. The third-order valence-electron chi connectivity index (χ3n) is 7.10. The van der Waals surface area contributed by atoms with Gasteiger partial charge in [-0.25, -0.2) is 0 Å². The number of anilines is 3. The van der Waals surface area contributed by atoms with Crippen LogP contribution in [0.4, 0.5) is 25.8 Å². The van der Waals surface area contributed by atoms with Crippen LogP contribution in [0.5, 0.6) is 5.75 Å². The molecule has 196 valence electrons. The highest BCUT2D eigenvalue weighted by Gasteiger charge is 2.49. The van der Waals surface area contributed by atoms with Crippen molar-refractivity contribution in [2.75, 3.05) is 27.9 Å². The van der Waals surface area contributed by atoms with Gasteiger partial charge in [-0.1, -0.05) is 5.16 Å². The molecule has 6 rings (SSSR count). The molecule has 2 amide bonds. The van der Waals surface area contributed by atoms with Gasteiger partial charge < -0.3 is 19.1 Å². The van der Waals surface area contributed by atoms with Gasteiger partial charge in [0, 0.05) is 36.8 Å². The maximum absolute atomic E-state index is 13.9. The Morgan fingerprint density at radius 3 is 2.29 bits per heavy atom. The van der Waals surface area contributed by atoms with Gasteiger partial charge in [0.1, 0.15) is 17.5 Å². The largest absolute Gasteiger partial charge is 0.435 e. The first kappa shape index (κ1) is 24.0.